The number of hydrogen-bond acceptors (Lipinski definition) is 5. The fourth-order valence-corrected chi connectivity index (χ4v) is 6.08. The van der Waals surface area contributed by atoms with Crippen LogP contribution in [0.3, 0.4) is 0 Å². The standard InChI is InChI=1S/C30H31Cl2F4N5O2/c1-38(16-19-6-8-22(25(33)14-19)30(34,35)36)26-18-41(17-21(26)20-7-9-23(31)24(32)15-20)29(42)40-12-10-39(11-13-40)27-4-3-5-28(37-27)43-2/h3-9,14-15,21,26H,10-13,16-18H2,1-2H3/t21-,26+/m1/s1. The molecule has 3 aromatic rings. The maximum atomic E-state index is 14.3. The summed E-state index contributed by atoms with van der Waals surface area (Å²) in [6.45, 7) is 3.21. The Hall–Kier alpha value is -3.28. The van der Waals surface area contributed by atoms with Gasteiger partial charge in [-0.1, -0.05) is 41.4 Å². The third-order valence-electron chi connectivity index (χ3n) is 8.06. The van der Waals surface area contributed by atoms with Crippen LogP contribution in [-0.4, -0.2) is 85.2 Å². The number of pyridine rings is 1. The van der Waals surface area contributed by atoms with Crippen LogP contribution >= 0.6 is 23.2 Å². The Morgan fingerprint density at radius 1 is 1.00 bits per heavy atom. The van der Waals surface area contributed by atoms with Crippen molar-refractivity contribution in [1.82, 2.24) is 19.7 Å². The van der Waals surface area contributed by atoms with Crippen molar-refractivity contribution in [3.8, 4) is 5.88 Å². The number of likely N-dealkylation sites (tertiary alicyclic amines) is 1. The van der Waals surface area contributed by atoms with Crippen LogP contribution in [0.4, 0.5) is 28.2 Å². The lowest BCUT2D eigenvalue weighted by Crippen LogP contribution is -2.53. The van der Waals surface area contributed by atoms with Crippen LogP contribution < -0.4 is 9.64 Å². The molecule has 2 fully saturated rings. The Morgan fingerprint density at radius 2 is 1.74 bits per heavy atom. The average Bonchev–Trinajstić information content (AvgIpc) is 3.43. The maximum Gasteiger partial charge on any atom is 0.419 e. The molecule has 13 heteroatoms. The lowest BCUT2D eigenvalue weighted by atomic mass is 9.93. The molecule has 0 saturated carbocycles. The van der Waals surface area contributed by atoms with Crippen LogP contribution in [0.5, 0.6) is 5.88 Å². The van der Waals surface area contributed by atoms with E-state index in [2.05, 4.69) is 9.88 Å². The molecule has 0 aliphatic carbocycles. The molecule has 230 valence electrons. The van der Waals surface area contributed by atoms with Gasteiger partial charge in [0.15, 0.2) is 0 Å². The molecule has 2 aliphatic rings. The van der Waals surface area contributed by atoms with Crippen molar-refractivity contribution >= 4 is 35.1 Å². The molecule has 0 spiro atoms. The number of methoxy groups -OCH3 is 1. The van der Waals surface area contributed by atoms with Gasteiger partial charge in [0.2, 0.25) is 5.88 Å². The van der Waals surface area contributed by atoms with Gasteiger partial charge >= 0.3 is 12.2 Å². The van der Waals surface area contributed by atoms with Gasteiger partial charge in [0.05, 0.1) is 22.7 Å². The molecule has 2 amide bonds. The predicted octanol–water partition coefficient (Wildman–Crippen LogP) is 6.40. The van der Waals surface area contributed by atoms with Crippen molar-refractivity contribution in [3.63, 3.8) is 0 Å². The van der Waals surface area contributed by atoms with Crippen LogP contribution in [0.1, 0.15) is 22.6 Å². The zero-order chi connectivity index (χ0) is 30.9. The highest BCUT2D eigenvalue weighted by atomic mass is 35.5. The molecule has 1 aromatic heterocycles. The number of aromatic nitrogens is 1. The van der Waals surface area contributed by atoms with Crippen molar-refractivity contribution in [2.45, 2.75) is 24.7 Å². The normalized spacial score (nSPS) is 19.3. The minimum Gasteiger partial charge on any atom is -0.481 e. The minimum atomic E-state index is -4.77. The molecule has 0 bridgehead atoms. The molecule has 0 N–H and O–H groups in total. The molecule has 7 nitrogen and oxygen atoms in total. The number of carbonyl (C=O) groups excluding carboxylic acids is 1. The first-order valence-electron chi connectivity index (χ1n) is 13.7. The van der Waals surface area contributed by atoms with Crippen molar-refractivity contribution in [1.29, 1.82) is 0 Å². The van der Waals surface area contributed by atoms with E-state index < -0.39 is 17.6 Å². The lowest BCUT2D eigenvalue weighted by Gasteiger charge is -2.37. The van der Waals surface area contributed by atoms with Gasteiger partial charge in [-0.3, -0.25) is 4.90 Å². The largest absolute Gasteiger partial charge is 0.481 e. The zero-order valence-corrected chi connectivity index (χ0v) is 25.1. The highest BCUT2D eigenvalue weighted by molar-refractivity contribution is 6.42. The first kappa shape index (κ1) is 31.2. The van der Waals surface area contributed by atoms with Crippen LogP contribution in [-0.2, 0) is 12.7 Å². The Balaban J connectivity index is 1.31. The van der Waals surface area contributed by atoms with Crippen molar-refractivity contribution in [3.05, 3.63) is 87.2 Å². The number of urea groups is 1. The van der Waals surface area contributed by atoms with E-state index in [-0.39, 0.29) is 24.5 Å². The summed E-state index contributed by atoms with van der Waals surface area (Å²) in [5.74, 6) is -0.166. The number of nitrogens with zero attached hydrogens (tertiary/aromatic N) is 5. The summed E-state index contributed by atoms with van der Waals surface area (Å²) < 4.78 is 58.8. The molecule has 5 rings (SSSR count). The fraction of sp³-hybridized carbons (Fsp3) is 0.400. The van der Waals surface area contributed by atoms with E-state index in [4.69, 9.17) is 27.9 Å². The average molecular weight is 641 g/mol. The molecular weight excluding hydrogens is 609 g/mol. The second-order valence-electron chi connectivity index (χ2n) is 10.8. The summed E-state index contributed by atoms with van der Waals surface area (Å²) in [7, 11) is 3.38. The number of rotatable bonds is 6. The van der Waals surface area contributed by atoms with Gasteiger partial charge in [0.25, 0.3) is 0 Å². The van der Waals surface area contributed by atoms with E-state index in [0.717, 1.165) is 23.5 Å². The third kappa shape index (κ3) is 6.94. The second kappa shape index (κ2) is 12.8. The van der Waals surface area contributed by atoms with Crippen molar-refractivity contribution < 1.29 is 27.1 Å². The molecule has 2 aromatic carbocycles. The number of anilines is 1. The molecular formula is C30H31Cl2F4N5O2. The number of benzene rings is 2. The highest BCUT2D eigenvalue weighted by Crippen LogP contribution is 2.36. The molecule has 0 radical (unpaired) electrons. The van der Waals surface area contributed by atoms with E-state index >= 15 is 0 Å². The van der Waals surface area contributed by atoms with E-state index in [0.29, 0.717) is 60.8 Å². The van der Waals surface area contributed by atoms with Gasteiger partial charge in [-0.05, 0) is 48.5 Å². The van der Waals surface area contributed by atoms with Gasteiger partial charge in [0.1, 0.15) is 11.6 Å². The van der Waals surface area contributed by atoms with Crippen LogP contribution in [0.15, 0.2) is 54.6 Å². The predicted molar refractivity (Wildman–Crippen MR) is 157 cm³/mol. The Morgan fingerprint density at radius 3 is 2.40 bits per heavy atom. The molecule has 2 atom stereocenters. The highest BCUT2D eigenvalue weighted by Gasteiger charge is 2.41. The lowest BCUT2D eigenvalue weighted by molar-refractivity contribution is -0.140. The topological polar surface area (TPSA) is 52.2 Å². The number of amides is 2. The molecule has 2 saturated heterocycles. The monoisotopic (exact) mass is 639 g/mol. The number of likely N-dealkylation sites (N-methyl/N-ethyl adjacent to an activating group) is 1. The quantitative estimate of drug-likeness (QED) is 0.292. The van der Waals surface area contributed by atoms with Gasteiger partial charge in [-0.2, -0.15) is 18.2 Å². The third-order valence-corrected chi connectivity index (χ3v) is 8.80. The summed E-state index contributed by atoms with van der Waals surface area (Å²) in [4.78, 5) is 25.9. The molecule has 0 unspecified atom stereocenters. The number of ether oxygens (including phenoxy) is 1. The van der Waals surface area contributed by atoms with Crippen LogP contribution in [0, 0.1) is 5.82 Å². The van der Waals surface area contributed by atoms with E-state index in [1.165, 1.54) is 6.07 Å². The molecule has 43 heavy (non-hydrogen) atoms. The maximum absolute atomic E-state index is 14.3. The fourth-order valence-electron chi connectivity index (χ4n) is 5.77. The van der Waals surface area contributed by atoms with Crippen molar-refractivity contribution in [2.24, 2.45) is 0 Å². The van der Waals surface area contributed by atoms with Gasteiger partial charge < -0.3 is 19.4 Å². The Bertz CT molecular complexity index is 1470. The number of hydrogen-bond donors (Lipinski definition) is 0. The first-order valence-corrected chi connectivity index (χ1v) is 14.5. The number of piperazine rings is 1. The SMILES string of the molecule is COc1cccc(N2CCN(C(=O)N3C[C@H](c4ccc(Cl)c(Cl)c4)[C@@H](N(C)Cc4ccc(C(F)(F)F)c(F)c4)C3)CC2)n1. The van der Waals surface area contributed by atoms with E-state index in [1.807, 2.05) is 35.0 Å². The minimum absolute atomic E-state index is 0.0974. The summed E-state index contributed by atoms with van der Waals surface area (Å²) in [6.07, 6.45) is -4.77. The Kier molecular flexibility index (Phi) is 9.24. The summed E-state index contributed by atoms with van der Waals surface area (Å²) in [5, 5.41) is 0.794. The van der Waals surface area contributed by atoms with Crippen LogP contribution in [0.25, 0.3) is 0 Å². The van der Waals surface area contributed by atoms with Gasteiger partial charge in [-0.15, -0.1) is 0 Å². The summed E-state index contributed by atoms with van der Waals surface area (Å²) in [6, 6.07) is 13.6. The number of carbonyl (C=O) groups is 1. The first-order chi connectivity index (χ1) is 20.4. The van der Waals surface area contributed by atoms with Gasteiger partial charge in [0, 0.05) is 63.8 Å². The Labute approximate surface area is 257 Å². The number of alkyl halides is 3. The van der Waals surface area contributed by atoms with Crippen molar-refractivity contribution in [2.75, 3.05) is 58.3 Å². The second-order valence-corrected chi connectivity index (χ2v) is 11.6. The number of halogens is 6. The van der Waals surface area contributed by atoms with Gasteiger partial charge in [-0.25, -0.2) is 9.18 Å². The zero-order valence-electron chi connectivity index (χ0n) is 23.6. The summed E-state index contributed by atoms with van der Waals surface area (Å²) in [5.41, 5.74) is -0.0190. The van der Waals surface area contributed by atoms with E-state index in [9.17, 15) is 22.4 Å². The van der Waals surface area contributed by atoms with E-state index in [1.54, 1.807) is 30.2 Å². The smallest absolute Gasteiger partial charge is 0.419 e. The summed E-state index contributed by atoms with van der Waals surface area (Å²) >= 11 is 12.5. The molecule has 2 aliphatic heterocycles. The molecule has 3 heterocycles. The van der Waals surface area contributed by atoms with Crippen LogP contribution in [0.2, 0.25) is 10.0 Å².